The van der Waals surface area contributed by atoms with Crippen molar-refractivity contribution in [3.63, 3.8) is 0 Å². The lowest BCUT2D eigenvalue weighted by molar-refractivity contribution is -0.128. The lowest BCUT2D eigenvalue weighted by Crippen LogP contribution is -2.41. The fourth-order valence-electron chi connectivity index (χ4n) is 4.54. The van der Waals surface area contributed by atoms with Crippen LogP contribution in [0.15, 0.2) is 41.9 Å². The van der Waals surface area contributed by atoms with Gasteiger partial charge >= 0.3 is 0 Å². The number of carbonyl (C=O) groups excluding carboxylic acids is 2. The minimum atomic E-state index is -0.775. The number of hydrogen-bond acceptors (Lipinski definition) is 7. The fourth-order valence-corrected chi connectivity index (χ4v) is 5.08. The molecule has 2 bridgehead atoms. The summed E-state index contributed by atoms with van der Waals surface area (Å²) in [6.07, 6.45) is 5.05. The van der Waals surface area contributed by atoms with Crippen LogP contribution in [0.25, 0.3) is 0 Å². The number of amides is 2. The number of carbonyl (C=O) groups is 2. The highest BCUT2D eigenvalue weighted by Gasteiger charge is 2.67. The van der Waals surface area contributed by atoms with Gasteiger partial charge < -0.3 is 24.4 Å². The minimum absolute atomic E-state index is 0.120. The second-order valence-corrected chi connectivity index (χ2v) is 8.08. The number of rotatable bonds is 3. The van der Waals surface area contributed by atoms with Gasteiger partial charge in [-0.25, -0.2) is 4.98 Å². The van der Waals surface area contributed by atoms with Crippen molar-refractivity contribution in [3.8, 4) is 11.5 Å². The Morgan fingerprint density at radius 3 is 3.07 bits per heavy atom. The summed E-state index contributed by atoms with van der Waals surface area (Å²) in [5.41, 5.74) is -0.0687. The van der Waals surface area contributed by atoms with Crippen LogP contribution in [0, 0.1) is 11.8 Å². The van der Waals surface area contributed by atoms with Crippen LogP contribution in [-0.4, -0.2) is 41.8 Å². The van der Waals surface area contributed by atoms with Crippen molar-refractivity contribution in [2.75, 3.05) is 23.6 Å². The Morgan fingerprint density at radius 1 is 1.32 bits per heavy atom. The van der Waals surface area contributed by atoms with Crippen LogP contribution in [0.2, 0.25) is 0 Å². The molecule has 4 aliphatic heterocycles. The molecule has 142 valence electrons. The molecule has 28 heavy (non-hydrogen) atoms. The molecule has 5 heterocycles. The Bertz CT molecular complexity index is 1020. The van der Waals surface area contributed by atoms with Gasteiger partial charge in [0.2, 0.25) is 18.6 Å². The van der Waals surface area contributed by atoms with Crippen LogP contribution in [-0.2, 0) is 14.3 Å². The number of benzene rings is 1. The molecule has 4 atom stereocenters. The van der Waals surface area contributed by atoms with E-state index < -0.39 is 23.5 Å². The Labute approximate surface area is 163 Å². The summed E-state index contributed by atoms with van der Waals surface area (Å²) in [4.78, 5) is 32.0. The first-order valence-corrected chi connectivity index (χ1v) is 9.81. The third-order valence-corrected chi connectivity index (χ3v) is 6.42. The van der Waals surface area contributed by atoms with E-state index in [9.17, 15) is 9.59 Å². The van der Waals surface area contributed by atoms with E-state index in [1.54, 1.807) is 28.6 Å². The maximum atomic E-state index is 13.3. The topological polar surface area (TPSA) is 90.0 Å². The van der Waals surface area contributed by atoms with Gasteiger partial charge in [-0.3, -0.25) is 9.59 Å². The summed E-state index contributed by atoms with van der Waals surface area (Å²) < 4.78 is 16.9. The standard InChI is InChI=1S/C19H15N3O5S/c23-16(21-18-20-5-6-28-18)14-12-3-4-19(27-12)8-22(17(24)15(14)19)10-1-2-11-13(7-10)26-9-25-11/h1-7,12,14-15H,8-9H2,(H,20,21,23)/t12-,14+,15+,19+/m1/s1. The quantitative estimate of drug-likeness (QED) is 0.795. The highest BCUT2D eigenvalue weighted by Crippen LogP contribution is 2.53. The normalized spacial score (nSPS) is 31.5. The van der Waals surface area contributed by atoms with Crippen LogP contribution in [0.4, 0.5) is 10.8 Å². The number of anilines is 2. The Morgan fingerprint density at radius 2 is 2.21 bits per heavy atom. The molecule has 1 aromatic carbocycles. The highest BCUT2D eigenvalue weighted by molar-refractivity contribution is 7.13. The zero-order valence-corrected chi connectivity index (χ0v) is 15.3. The molecule has 1 aromatic heterocycles. The van der Waals surface area contributed by atoms with Gasteiger partial charge in [-0.1, -0.05) is 12.2 Å². The maximum absolute atomic E-state index is 13.3. The van der Waals surface area contributed by atoms with Gasteiger partial charge in [0.15, 0.2) is 16.6 Å². The van der Waals surface area contributed by atoms with Crippen molar-refractivity contribution in [1.82, 2.24) is 4.98 Å². The summed E-state index contributed by atoms with van der Waals surface area (Å²) >= 11 is 1.34. The maximum Gasteiger partial charge on any atom is 0.234 e. The molecule has 2 amide bonds. The molecule has 2 fully saturated rings. The van der Waals surface area contributed by atoms with Gasteiger partial charge in [0.1, 0.15) is 5.60 Å². The second-order valence-electron chi connectivity index (χ2n) is 7.19. The number of ether oxygens (including phenoxy) is 3. The van der Waals surface area contributed by atoms with Crippen molar-refractivity contribution in [1.29, 1.82) is 0 Å². The molecule has 6 rings (SSSR count). The smallest absolute Gasteiger partial charge is 0.234 e. The van der Waals surface area contributed by atoms with E-state index in [4.69, 9.17) is 14.2 Å². The second kappa shape index (κ2) is 5.55. The molecular weight excluding hydrogens is 382 g/mol. The number of hydrogen-bond donors (Lipinski definition) is 1. The molecule has 2 saturated heterocycles. The number of nitrogens with one attached hydrogen (secondary N) is 1. The summed E-state index contributed by atoms with van der Waals surface area (Å²) in [7, 11) is 0. The summed E-state index contributed by atoms with van der Waals surface area (Å²) in [6.45, 7) is 0.538. The van der Waals surface area contributed by atoms with Crippen molar-refractivity contribution in [2.24, 2.45) is 11.8 Å². The molecular formula is C19H15N3O5S. The zero-order valence-electron chi connectivity index (χ0n) is 14.5. The highest BCUT2D eigenvalue weighted by atomic mass is 32.1. The van der Waals surface area contributed by atoms with E-state index in [2.05, 4.69) is 10.3 Å². The third-order valence-electron chi connectivity index (χ3n) is 5.73. The summed E-state index contributed by atoms with van der Waals surface area (Å²) in [5, 5.41) is 5.12. The number of thiazole rings is 1. The molecule has 1 spiro atoms. The van der Waals surface area contributed by atoms with E-state index in [0.717, 1.165) is 0 Å². The third kappa shape index (κ3) is 2.11. The van der Waals surface area contributed by atoms with Gasteiger partial charge in [0.05, 0.1) is 24.5 Å². The van der Waals surface area contributed by atoms with Gasteiger partial charge in [0, 0.05) is 23.3 Å². The Hall–Kier alpha value is -2.91. The molecule has 0 radical (unpaired) electrons. The molecule has 0 unspecified atom stereocenters. The van der Waals surface area contributed by atoms with E-state index in [1.165, 1.54) is 11.3 Å². The molecule has 8 nitrogen and oxygen atoms in total. The number of nitrogens with zero attached hydrogens (tertiary/aromatic N) is 2. The molecule has 4 aliphatic rings. The average Bonchev–Trinajstić information content (AvgIpc) is 3.49. The van der Waals surface area contributed by atoms with Gasteiger partial charge in [-0.05, 0) is 12.1 Å². The molecule has 9 heteroatoms. The summed E-state index contributed by atoms with van der Waals surface area (Å²) in [6, 6.07) is 5.40. The van der Waals surface area contributed by atoms with Gasteiger partial charge in [-0.2, -0.15) is 0 Å². The first-order valence-electron chi connectivity index (χ1n) is 8.93. The molecule has 0 aliphatic carbocycles. The predicted molar refractivity (Wildman–Crippen MR) is 99.4 cm³/mol. The average molecular weight is 397 g/mol. The SMILES string of the molecule is O=C(Nc1nccs1)[C@@H]1[C@H]2C(=O)N(c3ccc4c(c3)OCO4)C[C@@]23C=C[C@H]1O3. The molecule has 1 N–H and O–H groups in total. The lowest BCUT2D eigenvalue weighted by atomic mass is 9.77. The molecule has 2 aromatic rings. The van der Waals surface area contributed by atoms with Crippen LogP contribution in [0.3, 0.4) is 0 Å². The van der Waals surface area contributed by atoms with E-state index in [1.807, 2.05) is 18.2 Å². The van der Waals surface area contributed by atoms with Crippen LogP contribution in [0.1, 0.15) is 0 Å². The molecule has 0 saturated carbocycles. The van der Waals surface area contributed by atoms with Crippen molar-refractivity contribution >= 4 is 34.0 Å². The van der Waals surface area contributed by atoms with Crippen molar-refractivity contribution < 1.29 is 23.8 Å². The van der Waals surface area contributed by atoms with E-state index >= 15 is 0 Å². The Kier molecular flexibility index (Phi) is 3.19. The number of aromatic nitrogens is 1. The Balaban J connectivity index is 1.32. The van der Waals surface area contributed by atoms with Gasteiger partial charge in [0.25, 0.3) is 0 Å². The predicted octanol–water partition coefficient (Wildman–Crippen LogP) is 1.80. The van der Waals surface area contributed by atoms with Crippen molar-refractivity contribution in [3.05, 3.63) is 41.9 Å². The summed E-state index contributed by atoms with van der Waals surface area (Å²) in [5.74, 6) is -0.236. The lowest BCUT2D eigenvalue weighted by Gasteiger charge is -2.22. The van der Waals surface area contributed by atoms with Crippen molar-refractivity contribution in [2.45, 2.75) is 11.7 Å². The largest absolute Gasteiger partial charge is 0.454 e. The first-order chi connectivity index (χ1) is 13.6. The zero-order chi connectivity index (χ0) is 18.9. The van der Waals surface area contributed by atoms with Crippen LogP contribution < -0.4 is 19.7 Å². The fraction of sp³-hybridized carbons (Fsp3) is 0.316. The number of fused-ring (bicyclic) bond motifs is 2. The van der Waals surface area contributed by atoms with Gasteiger partial charge in [-0.15, -0.1) is 11.3 Å². The van der Waals surface area contributed by atoms with Crippen LogP contribution in [0.5, 0.6) is 11.5 Å². The van der Waals surface area contributed by atoms with Crippen LogP contribution >= 0.6 is 11.3 Å². The first kappa shape index (κ1) is 16.1. The van der Waals surface area contributed by atoms with E-state index in [0.29, 0.717) is 28.9 Å². The minimum Gasteiger partial charge on any atom is -0.454 e. The van der Waals surface area contributed by atoms with E-state index in [-0.39, 0.29) is 18.6 Å². The monoisotopic (exact) mass is 397 g/mol.